The van der Waals surface area contributed by atoms with Crippen LogP contribution in [0.1, 0.15) is 16.7 Å². The highest BCUT2D eigenvalue weighted by molar-refractivity contribution is 6.36. The van der Waals surface area contributed by atoms with Gasteiger partial charge in [-0.05, 0) is 31.0 Å². The Kier molecular flexibility index (Phi) is 3.26. The predicted molar refractivity (Wildman–Crippen MR) is 64.2 cm³/mol. The summed E-state index contributed by atoms with van der Waals surface area (Å²) in [5, 5.41) is 10.9. The lowest BCUT2D eigenvalue weighted by Gasteiger charge is -2.25. The molecule has 0 radical (unpaired) electrons. The number of hydrogen-bond donors (Lipinski definition) is 1. The van der Waals surface area contributed by atoms with Crippen LogP contribution >= 0.6 is 11.6 Å². The topological polar surface area (TPSA) is 41.8 Å². The van der Waals surface area contributed by atoms with Crippen molar-refractivity contribution in [2.24, 2.45) is 5.16 Å². The summed E-state index contributed by atoms with van der Waals surface area (Å²) < 4.78 is 38.1. The van der Waals surface area contributed by atoms with Crippen LogP contribution in [0.15, 0.2) is 23.4 Å². The lowest BCUT2D eigenvalue weighted by molar-refractivity contribution is -0.353. The average molecular weight is 294 g/mol. The standard InChI is InChI=1S/C12H11ClF3NO2/c1-6-3-4-8(5-7(6)2)9-10(13)11(18,19-17-9)12(14,15)16/h3-5,10,18H,1-2H3. The summed E-state index contributed by atoms with van der Waals surface area (Å²) in [6, 6.07) is 4.97. The van der Waals surface area contributed by atoms with Crippen molar-refractivity contribution in [2.45, 2.75) is 31.2 Å². The number of alkyl halides is 4. The van der Waals surface area contributed by atoms with Crippen LogP contribution in [0, 0.1) is 13.8 Å². The normalized spacial score (nSPS) is 27.1. The Balaban J connectivity index is 2.36. The fraction of sp³-hybridized carbons (Fsp3) is 0.417. The van der Waals surface area contributed by atoms with E-state index in [4.69, 9.17) is 11.6 Å². The first-order valence-electron chi connectivity index (χ1n) is 5.43. The van der Waals surface area contributed by atoms with Crippen LogP contribution in [0.3, 0.4) is 0 Å². The highest BCUT2D eigenvalue weighted by atomic mass is 35.5. The van der Waals surface area contributed by atoms with Gasteiger partial charge in [-0.25, -0.2) is 0 Å². The van der Waals surface area contributed by atoms with Crippen LogP contribution in [0.25, 0.3) is 0 Å². The van der Waals surface area contributed by atoms with Crippen molar-refractivity contribution in [2.75, 3.05) is 0 Å². The molecule has 0 amide bonds. The highest BCUT2D eigenvalue weighted by Gasteiger charge is 2.66. The Morgan fingerprint density at radius 2 is 1.95 bits per heavy atom. The third-order valence-electron chi connectivity index (χ3n) is 3.08. The van der Waals surface area contributed by atoms with Crippen LogP contribution in [-0.4, -0.2) is 28.2 Å². The second kappa shape index (κ2) is 4.38. The number of hydrogen-bond acceptors (Lipinski definition) is 3. The first kappa shape index (κ1) is 14.1. The molecule has 19 heavy (non-hydrogen) atoms. The van der Waals surface area contributed by atoms with Gasteiger partial charge in [0.2, 0.25) is 0 Å². The summed E-state index contributed by atoms with van der Waals surface area (Å²) in [6.45, 7) is 3.69. The lowest BCUT2D eigenvalue weighted by atomic mass is 9.98. The molecular formula is C12H11ClF3NO2. The maximum absolute atomic E-state index is 12.7. The van der Waals surface area contributed by atoms with Crippen molar-refractivity contribution in [3.05, 3.63) is 34.9 Å². The molecule has 1 heterocycles. The van der Waals surface area contributed by atoms with Gasteiger partial charge in [0.1, 0.15) is 5.71 Å². The molecule has 0 aliphatic carbocycles. The molecule has 0 bridgehead atoms. The van der Waals surface area contributed by atoms with E-state index in [1.807, 2.05) is 13.8 Å². The second-order valence-corrected chi connectivity index (χ2v) is 4.86. The van der Waals surface area contributed by atoms with Crippen molar-refractivity contribution in [1.82, 2.24) is 0 Å². The number of oxime groups is 1. The minimum atomic E-state index is -5.02. The van der Waals surface area contributed by atoms with Gasteiger partial charge in [-0.2, -0.15) is 13.2 Å². The molecule has 1 aliphatic rings. The molecule has 1 N–H and O–H groups in total. The van der Waals surface area contributed by atoms with Gasteiger partial charge in [-0.15, -0.1) is 11.6 Å². The number of halogens is 4. The van der Waals surface area contributed by atoms with Crippen LogP contribution in [-0.2, 0) is 4.84 Å². The van der Waals surface area contributed by atoms with E-state index in [2.05, 4.69) is 9.99 Å². The molecule has 1 aromatic carbocycles. The van der Waals surface area contributed by atoms with E-state index >= 15 is 0 Å². The molecule has 0 aromatic heterocycles. The molecule has 0 spiro atoms. The van der Waals surface area contributed by atoms with Gasteiger partial charge >= 0.3 is 12.0 Å². The fourth-order valence-corrected chi connectivity index (χ4v) is 2.02. The Morgan fingerprint density at radius 3 is 2.42 bits per heavy atom. The summed E-state index contributed by atoms with van der Waals surface area (Å²) >= 11 is 5.67. The first-order chi connectivity index (χ1) is 8.67. The quantitative estimate of drug-likeness (QED) is 0.809. The zero-order valence-corrected chi connectivity index (χ0v) is 10.9. The zero-order valence-electron chi connectivity index (χ0n) is 10.1. The minimum absolute atomic E-state index is 0.135. The average Bonchev–Trinajstić information content (AvgIpc) is 2.61. The highest BCUT2D eigenvalue weighted by Crippen LogP contribution is 2.41. The van der Waals surface area contributed by atoms with Crippen LogP contribution in [0.2, 0.25) is 0 Å². The number of nitrogens with zero attached hydrogens (tertiary/aromatic N) is 1. The maximum atomic E-state index is 12.7. The number of rotatable bonds is 1. The van der Waals surface area contributed by atoms with E-state index in [1.54, 1.807) is 18.2 Å². The van der Waals surface area contributed by atoms with Crippen molar-refractivity contribution in [3.63, 3.8) is 0 Å². The zero-order chi connectivity index (χ0) is 14.4. The summed E-state index contributed by atoms with van der Waals surface area (Å²) in [6.07, 6.45) is -5.02. The van der Waals surface area contributed by atoms with Crippen molar-refractivity contribution >= 4 is 17.3 Å². The molecule has 0 saturated heterocycles. The molecule has 3 nitrogen and oxygen atoms in total. The van der Waals surface area contributed by atoms with Gasteiger partial charge in [0, 0.05) is 5.56 Å². The minimum Gasteiger partial charge on any atom is -0.348 e. The molecule has 0 fully saturated rings. The SMILES string of the molecule is Cc1ccc(C2=NOC(O)(C(F)(F)F)C2Cl)cc1C. The third kappa shape index (κ3) is 2.19. The third-order valence-corrected chi connectivity index (χ3v) is 3.58. The summed E-state index contributed by atoms with van der Waals surface area (Å²) in [7, 11) is 0. The molecular weight excluding hydrogens is 283 g/mol. The molecule has 1 aromatic rings. The largest absolute Gasteiger partial charge is 0.459 e. The van der Waals surface area contributed by atoms with E-state index in [0.29, 0.717) is 5.56 Å². The van der Waals surface area contributed by atoms with Gasteiger partial charge in [0.15, 0.2) is 5.38 Å². The van der Waals surface area contributed by atoms with E-state index in [0.717, 1.165) is 11.1 Å². The van der Waals surface area contributed by atoms with Gasteiger partial charge in [-0.3, -0.25) is 0 Å². The van der Waals surface area contributed by atoms with Crippen molar-refractivity contribution < 1.29 is 23.1 Å². The summed E-state index contributed by atoms with van der Waals surface area (Å²) in [5.41, 5.74) is 2.12. The fourth-order valence-electron chi connectivity index (χ4n) is 1.69. The molecule has 7 heteroatoms. The number of aliphatic hydroxyl groups is 1. The predicted octanol–water partition coefficient (Wildman–Crippen LogP) is 2.90. The Labute approximate surface area is 112 Å². The molecule has 0 saturated carbocycles. The van der Waals surface area contributed by atoms with Crippen LogP contribution in [0.4, 0.5) is 13.2 Å². The Hall–Kier alpha value is -1.27. The van der Waals surface area contributed by atoms with E-state index in [1.165, 1.54) is 0 Å². The van der Waals surface area contributed by atoms with Gasteiger partial charge in [0.25, 0.3) is 0 Å². The Bertz CT molecular complexity index is 544. The van der Waals surface area contributed by atoms with Crippen LogP contribution in [0.5, 0.6) is 0 Å². The summed E-state index contributed by atoms with van der Waals surface area (Å²) in [5.74, 6) is -3.48. The van der Waals surface area contributed by atoms with Gasteiger partial charge < -0.3 is 9.94 Å². The maximum Gasteiger partial charge on any atom is 0.459 e. The smallest absolute Gasteiger partial charge is 0.348 e. The molecule has 1 aliphatic heterocycles. The van der Waals surface area contributed by atoms with E-state index < -0.39 is 17.3 Å². The number of benzene rings is 1. The molecule has 104 valence electrons. The molecule has 2 atom stereocenters. The molecule has 2 rings (SSSR count). The van der Waals surface area contributed by atoms with Crippen molar-refractivity contribution in [1.29, 1.82) is 0 Å². The number of aryl methyl sites for hydroxylation is 2. The second-order valence-electron chi connectivity index (χ2n) is 4.42. The van der Waals surface area contributed by atoms with Gasteiger partial charge in [0.05, 0.1) is 0 Å². The van der Waals surface area contributed by atoms with E-state index in [-0.39, 0.29) is 5.71 Å². The van der Waals surface area contributed by atoms with Gasteiger partial charge in [-0.1, -0.05) is 17.3 Å². The lowest BCUT2D eigenvalue weighted by Crippen LogP contribution is -2.53. The van der Waals surface area contributed by atoms with Crippen LogP contribution < -0.4 is 0 Å². The monoisotopic (exact) mass is 293 g/mol. The van der Waals surface area contributed by atoms with E-state index in [9.17, 15) is 18.3 Å². The van der Waals surface area contributed by atoms with Crippen molar-refractivity contribution in [3.8, 4) is 0 Å². The Morgan fingerprint density at radius 1 is 1.32 bits per heavy atom. The molecule has 2 unspecified atom stereocenters. The summed E-state index contributed by atoms with van der Waals surface area (Å²) in [4.78, 5) is 4.14. The first-order valence-corrected chi connectivity index (χ1v) is 5.87.